The van der Waals surface area contributed by atoms with Crippen molar-refractivity contribution in [3.8, 4) is 5.75 Å². The molecule has 0 spiro atoms. The number of carbonyl (C=O) groups is 2. The number of hydrogen-bond acceptors (Lipinski definition) is 5. The topological polar surface area (TPSA) is 83.9 Å². The van der Waals surface area contributed by atoms with Crippen LogP contribution in [0.1, 0.15) is 51.2 Å². The Morgan fingerprint density at radius 2 is 1.79 bits per heavy atom. The number of amides is 2. The predicted octanol–water partition coefficient (Wildman–Crippen LogP) is 3.15. The van der Waals surface area contributed by atoms with Crippen LogP contribution in [0.2, 0.25) is 0 Å². The lowest BCUT2D eigenvalue weighted by atomic mass is 10.0. The summed E-state index contributed by atoms with van der Waals surface area (Å²) in [7, 11) is 0. The molecule has 2 atom stereocenters. The van der Waals surface area contributed by atoms with Gasteiger partial charge in [-0.1, -0.05) is 42.5 Å². The molecule has 8 nitrogen and oxygen atoms in total. The van der Waals surface area contributed by atoms with Crippen molar-refractivity contribution in [1.29, 1.82) is 0 Å². The summed E-state index contributed by atoms with van der Waals surface area (Å²) in [4.78, 5) is 44.8. The molecule has 2 saturated heterocycles. The molecule has 3 aliphatic rings. The molecule has 38 heavy (non-hydrogen) atoms. The number of benzene rings is 2. The van der Waals surface area contributed by atoms with Crippen LogP contribution in [-0.4, -0.2) is 51.5 Å². The average molecular weight is 517 g/mol. The van der Waals surface area contributed by atoms with E-state index in [2.05, 4.69) is 10.2 Å². The lowest BCUT2D eigenvalue weighted by Crippen LogP contribution is -2.62. The van der Waals surface area contributed by atoms with Crippen molar-refractivity contribution in [2.24, 2.45) is 0 Å². The molecule has 0 aliphatic carbocycles. The average Bonchev–Trinajstić information content (AvgIpc) is 3.42. The zero-order chi connectivity index (χ0) is 26.2. The summed E-state index contributed by atoms with van der Waals surface area (Å²) in [6.07, 6.45) is 4.51. The molecule has 6 rings (SSSR count). The molecule has 2 aromatic carbocycles. The maximum absolute atomic E-state index is 13.8. The van der Waals surface area contributed by atoms with Gasteiger partial charge in [-0.25, -0.2) is 4.39 Å². The van der Waals surface area contributed by atoms with Gasteiger partial charge in [-0.15, -0.1) is 0 Å². The van der Waals surface area contributed by atoms with E-state index < -0.39 is 11.3 Å². The minimum Gasteiger partial charge on any atom is -0.483 e. The number of hydrogen-bond donors (Lipinski definition) is 1. The highest BCUT2D eigenvalue weighted by Gasteiger charge is 2.45. The third-order valence-electron chi connectivity index (χ3n) is 7.77. The van der Waals surface area contributed by atoms with E-state index >= 15 is 0 Å². The van der Waals surface area contributed by atoms with Crippen molar-refractivity contribution in [1.82, 2.24) is 19.7 Å². The number of carbonyl (C=O) groups excluding carboxylic acids is 2. The van der Waals surface area contributed by atoms with Crippen LogP contribution in [0.25, 0.3) is 0 Å². The minimum absolute atomic E-state index is 0.0889. The van der Waals surface area contributed by atoms with Crippen LogP contribution < -0.4 is 15.5 Å². The van der Waals surface area contributed by atoms with Gasteiger partial charge in [0, 0.05) is 31.9 Å². The van der Waals surface area contributed by atoms with Crippen molar-refractivity contribution in [2.75, 3.05) is 13.1 Å². The van der Waals surface area contributed by atoms with Gasteiger partial charge >= 0.3 is 0 Å². The Balaban J connectivity index is 1.35. The Kier molecular flexibility index (Phi) is 6.45. The Morgan fingerprint density at radius 3 is 2.58 bits per heavy atom. The Morgan fingerprint density at radius 1 is 1.00 bits per heavy atom. The highest BCUT2D eigenvalue weighted by atomic mass is 19.1. The van der Waals surface area contributed by atoms with Crippen LogP contribution in [-0.2, 0) is 19.7 Å². The van der Waals surface area contributed by atoms with E-state index in [4.69, 9.17) is 4.74 Å². The Bertz CT molecular complexity index is 1420. The standard InChI is InChI=1S/C29H29FN4O4/c30-21-10-8-19(9-11-21)15-31-28(36)23-16-32-17-24-33-13-4-7-22(33)12-14-34(24)29(37)25(32)27(26(23)35)38-18-20-5-2-1-3-6-20/h1-3,5-6,8-11,16,22,24H,4,7,12-15,17-18H2,(H,31,36)/t22-,24-/m0/s1. The summed E-state index contributed by atoms with van der Waals surface area (Å²) in [5.74, 6) is -1.29. The second-order valence-electron chi connectivity index (χ2n) is 10.1. The Labute approximate surface area is 219 Å². The van der Waals surface area contributed by atoms with E-state index in [0.29, 0.717) is 24.7 Å². The highest BCUT2D eigenvalue weighted by Crippen LogP contribution is 2.34. The summed E-state index contributed by atoms with van der Waals surface area (Å²) >= 11 is 0. The fraction of sp³-hybridized carbons (Fsp3) is 0.345. The zero-order valence-corrected chi connectivity index (χ0v) is 20.9. The summed E-state index contributed by atoms with van der Waals surface area (Å²) < 4.78 is 21.0. The molecule has 0 unspecified atom stereocenters. The molecule has 196 valence electrons. The molecule has 9 heteroatoms. The van der Waals surface area contributed by atoms with Crippen molar-refractivity contribution in [2.45, 2.75) is 51.2 Å². The molecule has 0 saturated carbocycles. The monoisotopic (exact) mass is 516 g/mol. The Hall–Kier alpha value is -3.98. The third-order valence-corrected chi connectivity index (χ3v) is 7.77. The smallest absolute Gasteiger partial charge is 0.275 e. The fourth-order valence-electron chi connectivity index (χ4n) is 5.84. The van der Waals surface area contributed by atoms with Gasteiger partial charge in [0.2, 0.25) is 5.43 Å². The molecule has 3 aromatic rings. The minimum atomic E-state index is -0.619. The molecule has 0 radical (unpaired) electrons. The van der Waals surface area contributed by atoms with Crippen LogP contribution in [0, 0.1) is 5.82 Å². The second-order valence-corrected chi connectivity index (χ2v) is 10.1. The van der Waals surface area contributed by atoms with Gasteiger partial charge in [0.15, 0.2) is 11.4 Å². The fourth-order valence-corrected chi connectivity index (χ4v) is 5.84. The van der Waals surface area contributed by atoms with Gasteiger partial charge in [-0.3, -0.25) is 19.3 Å². The van der Waals surface area contributed by atoms with Crippen LogP contribution in [0.5, 0.6) is 5.75 Å². The molecule has 0 bridgehead atoms. The quantitative estimate of drug-likeness (QED) is 0.544. The molecular weight excluding hydrogens is 487 g/mol. The summed E-state index contributed by atoms with van der Waals surface area (Å²) in [5.41, 5.74) is 1.03. The number of nitrogens with one attached hydrogen (secondary N) is 1. The second kappa shape index (κ2) is 10.1. The van der Waals surface area contributed by atoms with E-state index in [-0.39, 0.29) is 48.0 Å². The third kappa shape index (κ3) is 4.47. The zero-order valence-electron chi connectivity index (χ0n) is 20.9. The number of fused-ring (bicyclic) bond motifs is 4. The number of ether oxygens (including phenoxy) is 1. The largest absolute Gasteiger partial charge is 0.483 e. The summed E-state index contributed by atoms with van der Waals surface area (Å²) in [6, 6.07) is 15.6. The maximum Gasteiger partial charge on any atom is 0.275 e. The van der Waals surface area contributed by atoms with Crippen LogP contribution in [0.3, 0.4) is 0 Å². The number of pyridine rings is 1. The number of aromatic nitrogens is 1. The van der Waals surface area contributed by atoms with Gasteiger partial charge in [0.1, 0.15) is 24.2 Å². The van der Waals surface area contributed by atoms with Crippen LogP contribution in [0.4, 0.5) is 4.39 Å². The van der Waals surface area contributed by atoms with E-state index in [1.165, 1.54) is 18.3 Å². The van der Waals surface area contributed by atoms with E-state index in [1.54, 1.807) is 16.7 Å². The lowest BCUT2D eigenvalue weighted by Gasteiger charge is -2.48. The van der Waals surface area contributed by atoms with E-state index in [9.17, 15) is 18.8 Å². The molecule has 3 aliphatic heterocycles. The van der Waals surface area contributed by atoms with Gasteiger partial charge in [-0.05, 0) is 42.5 Å². The SMILES string of the molecule is O=C(NCc1ccc(F)cc1)c1cn2c(c(OCc3ccccc3)c1=O)C(=O)N1CC[C@@H]3CCCN3[C@@H]1C2. The van der Waals surface area contributed by atoms with Crippen molar-refractivity contribution in [3.63, 3.8) is 0 Å². The number of rotatable bonds is 6. The summed E-state index contributed by atoms with van der Waals surface area (Å²) in [5, 5.41) is 2.75. The van der Waals surface area contributed by atoms with Crippen molar-refractivity contribution in [3.05, 3.63) is 99.2 Å². The molecule has 2 fully saturated rings. The normalized spacial score (nSPS) is 20.4. The van der Waals surface area contributed by atoms with Crippen LogP contribution >= 0.6 is 0 Å². The predicted molar refractivity (Wildman–Crippen MR) is 138 cm³/mol. The van der Waals surface area contributed by atoms with Gasteiger partial charge in [0.05, 0.1) is 6.54 Å². The highest BCUT2D eigenvalue weighted by molar-refractivity contribution is 5.99. The number of halogens is 1. The van der Waals surface area contributed by atoms with Gasteiger partial charge < -0.3 is 19.5 Å². The maximum atomic E-state index is 13.8. The van der Waals surface area contributed by atoms with E-state index in [0.717, 1.165) is 31.4 Å². The van der Waals surface area contributed by atoms with Crippen molar-refractivity contribution < 1.29 is 18.7 Å². The first-order chi connectivity index (χ1) is 18.5. The van der Waals surface area contributed by atoms with Crippen LogP contribution in [0.15, 0.2) is 65.6 Å². The molecular formula is C29H29FN4O4. The first-order valence-electron chi connectivity index (χ1n) is 13.0. The first-order valence-corrected chi connectivity index (χ1v) is 13.0. The van der Waals surface area contributed by atoms with E-state index in [1.807, 2.05) is 35.2 Å². The van der Waals surface area contributed by atoms with Gasteiger partial charge in [-0.2, -0.15) is 0 Å². The molecule has 2 amide bonds. The summed E-state index contributed by atoms with van der Waals surface area (Å²) in [6.45, 7) is 2.24. The van der Waals surface area contributed by atoms with Gasteiger partial charge in [0.25, 0.3) is 11.8 Å². The lowest BCUT2D eigenvalue weighted by molar-refractivity contribution is -0.0213. The number of nitrogens with zero attached hydrogens (tertiary/aromatic N) is 3. The molecule has 1 aromatic heterocycles. The molecule has 1 N–H and O–H groups in total. The first kappa shape index (κ1) is 24.4. The van der Waals surface area contributed by atoms with Crippen molar-refractivity contribution >= 4 is 11.8 Å². The molecule has 4 heterocycles.